The van der Waals surface area contributed by atoms with E-state index in [0.717, 1.165) is 34.4 Å². The highest BCUT2D eigenvalue weighted by molar-refractivity contribution is 9.10. The summed E-state index contributed by atoms with van der Waals surface area (Å²) in [4.78, 5) is 0. The van der Waals surface area contributed by atoms with Gasteiger partial charge in [-0.3, -0.25) is 0 Å². The van der Waals surface area contributed by atoms with Gasteiger partial charge < -0.3 is 10.3 Å². The zero-order chi connectivity index (χ0) is 13.4. The van der Waals surface area contributed by atoms with Crippen LogP contribution in [0.25, 0.3) is 0 Å². The third-order valence-electron chi connectivity index (χ3n) is 3.73. The number of rotatable bonds is 2. The quantitative estimate of drug-likeness (QED) is 0.869. The smallest absolute Gasteiger partial charge is 0.0485 e. The standard InChI is InChI=1S/C15H16BrClN2/c16-12-5-4-11(14(17)6-12)8-19-7-10-2-1-3-15(18)13(10)9-19/h4-7,9,15H,1-3,8,18H2. The molecule has 2 nitrogen and oxygen atoms in total. The van der Waals surface area contributed by atoms with Crippen molar-refractivity contribution in [3.63, 3.8) is 0 Å². The van der Waals surface area contributed by atoms with Gasteiger partial charge in [0.05, 0.1) is 0 Å². The normalized spacial score (nSPS) is 18.4. The lowest BCUT2D eigenvalue weighted by molar-refractivity contribution is 0.573. The summed E-state index contributed by atoms with van der Waals surface area (Å²) in [7, 11) is 0. The van der Waals surface area contributed by atoms with Crippen LogP contribution in [0.4, 0.5) is 0 Å². The van der Waals surface area contributed by atoms with Gasteiger partial charge in [-0.1, -0.05) is 33.6 Å². The van der Waals surface area contributed by atoms with Crippen molar-refractivity contribution in [2.24, 2.45) is 5.73 Å². The molecule has 1 aromatic carbocycles. The van der Waals surface area contributed by atoms with Gasteiger partial charge in [-0.25, -0.2) is 0 Å². The van der Waals surface area contributed by atoms with Crippen molar-refractivity contribution in [1.29, 1.82) is 0 Å². The Balaban J connectivity index is 1.87. The minimum atomic E-state index is 0.199. The molecule has 0 saturated carbocycles. The molecular formula is C15H16BrClN2. The Morgan fingerprint density at radius 3 is 2.95 bits per heavy atom. The van der Waals surface area contributed by atoms with Gasteiger partial charge >= 0.3 is 0 Å². The fourth-order valence-electron chi connectivity index (χ4n) is 2.72. The van der Waals surface area contributed by atoms with E-state index in [1.54, 1.807) is 0 Å². The zero-order valence-electron chi connectivity index (χ0n) is 10.6. The maximum Gasteiger partial charge on any atom is 0.0485 e. The van der Waals surface area contributed by atoms with Crippen molar-refractivity contribution in [3.8, 4) is 0 Å². The van der Waals surface area contributed by atoms with E-state index in [2.05, 4.69) is 39.0 Å². The summed E-state index contributed by atoms with van der Waals surface area (Å²) < 4.78 is 3.21. The molecule has 100 valence electrons. The molecule has 1 heterocycles. The number of benzene rings is 1. The Hall–Kier alpha value is -0.770. The minimum absolute atomic E-state index is 0.199. The molecule has 0 spiro atoms. The molecule has 2 N–H and O–H groups in total. The number of halogens is 2. The predicted molar refractivity (Wildman–Crippen MR) is 82.6 cm³/mol. The van der Waals surface area contributed by atoms with Gasteiger partial charge in [-0.05, 0) is 48.1 Å². The number of nitrogens with zero attached hydrogens (tertiary/aromatic N) is 1. The average molecular weight is 340 g/mol. The first-order valence-electron chi connectivity index (χ1n) is 6.51. The first-order chi connectivity index (χ1) is 9.13. The zero-order valence-corrected chi connectivity index (χ0v) is 12.9. The molecule has 0 radical (unpaired) electrons. The van der Waals surface area contributed by atoms with Crippen LogP contribution < -0.4 is 5.73 Å². The Morgan fingerprint density at radius 1 is 1.37 bits per heavy atom. The van der Waals surface area contributed by atoms with Crippen molar-refractivity contribution in [2.45, 2.75) is 31.8 Å². The van der Waals surface area contributed by atoms with Gasteiger partial charge in [-0.15, -0.1) is 0 Å². The Labute approximate surface area is 126 Å². The maximum atomic E-state index is 6.27. The van der Waals surface area contributed by atoms with E-state index < -0.39 is 0 Å². The highest BCUT2D eigenvalue weighted by Gasteiger charge is 2.18. The molecule has 0 amide bonds. The van der Waals surface area contributed by atoms with E-state index in [1.807, 2.05) is 12.1 Å². The Bertz CT molecular complexity index is 606. The van der Waals surface area contributed by atoms with Crippen LogP contribution in [0.15, 0.2) is 35.1 Å². The molecule has 1 unspecified atom stereocenters. The van der Waals surface area contributed by atoms with Crippen LogP contribution in [0, 0.1) is 0 Å². The highest BCUT2D eigenvalue weighted by Crippen LogP contribution is 2.29. The topological polar surface area (TPSA) is 30.9 Å². The lowest BCUT2D eigenvalue weighted by Crippen LogP contribution is -2.15. The van der Waals surface area contributed by atoms with E-state index in [0.29, 0.717) is 0 Å². The fourth-order valence-corrected chi connectivity index (χ4v) is 3.46. The van der Waals surface area contributed by atoms with E-state index in [-0.39, 0.29) is 6.04 Å². The molecule has 1 aliphatic rings. The minimum Gasteiger partial charge on any atom is -0.349 e. The van der Waals surface area contributed by atoms with E-state index in [4.69, 9.17) is 17.3 Å². The number of aromatic nitrogens is 1. The largest absolute Gasteiger partial charge is 0.349 e. The molecule has 1 aliphatic carbocycles. The Kier molecular flexibility index (Phi) is 3.70. The number of fused-ring (bicyclic) bond motifs is 1. The summed E-state index contributed by atoms with van der Waals surface area (Å²) >= 11 is 9.69. The van der Waals surface area contributed by atoms with Gasteiger partial charge in [0.2, 0.25) is 0 Å². The van der Waals surface area contributed by atoms with Crippen LogP contribution in [-0.4, -0.2) is 4.57 Å². The molecule has 1 aromatic heterocycles. The van der Waals surface area contributed by atoms with Crippen molar-refractivity contribution in [3.05, 3.63) is 56.8 Å². The fraction of sp³-hybridized carbons (Fsp3) is 0.333. The van der Waals surface area contributed by atoms with Crippen molar-refractivity contribution in [2.75, 3.05) is 0 Å². The lowest BCUT2D eigenvalue weighted by Gasteiger charge is -2.17. The second-order valence-corrected chi connectivity index (χ2v) is 6.47. The van der Waals surface area contributed by atoms with E-state index >= 15 is 0 Å². The summed E-state index contributed by atoms with van der Waals surface area (Å²) in [5.41, 5.74) is 9.99. The van der Waals surface area contributed by atoms with Crippen molar-refractivity contribution < 1.29 is 0 Å². The first-order valence-corrected chi connectivity index (χ1v) is 7.68. The molecule has 4 heteroatoms. The number of nitrogens with two attached hydrogens (primary N) is 1. The summed E-state index contributed by atoms with van der Waals surface area (Å²) in [6.45, 7) is 0.797. The van der Waals surface area contributed by atoms with Crippen molar-refractivity contribution in [1.82, 2.24) is 4.57 Å². The molecule has 0 bridgehead atoms. The van der Waals surface area contributed by atoms with Crippen LogP contribution in [-0.2, 0) is 13.0 Å². The van der Waals surface area contributed by atoms with Gasteiger partial charge in [-0.2, -0.15) is 0 Å². The van der Waals surface area contributed by atoms with E-state index in [9.17, 15) is 0 Å². The molecule has 0 fully saturated rings. The number of hydrogen-bond donors (Lipinski definition) is 1. The molecule has 3 rings (SSSR count). The summed E-state index contributed by atoms with van der Waals surface area (Å²) in [5, 5.41) is 0.797. The molecule has 0 aliphatic heterocycles. The third kappa shape index (κ3) is 2.73. The molecule has 19 heavy (non-hydrogen) atoms. The van der Waals surface area contributed by atoms with Gasteiger partial charge in [0.1, 0.15) is 0 Å². The van der Waals surface area contributed by atoms with Crippen LogP contribution in [0.5, 0.6) is 0 Å². The van der Waals surface area contributed by atoms with Gasteiger partial charge in [0.25, 0.3) is 0 Å². The SMILES string of the molecule is NC1CCCc2cn(Cc3ccc(Br)cc3Cl)cc21. The molecule has 1 atom stereocenters. The highest BCUT2D eigenvalue weighted by atomic mass is 79.9. The second-order valence-electron chi connectivity index (χ2n) is 5.15. The predicted octanol–water partition coefficient (Wildman–Crippen LogP) is 4.29. The summed E-state index contributed by atoms with van der Waals surface area (Å²) in [5.74, 6) is 0. The molecule has 0 saturated heterocycles. The maximum absolute atomic E-state index is 6.27. The van der Waals surface area contributed by atoms with Crippen LogP contribution in [0.2, 0.25) is 5.02 Å². The first kappa shape index (κ1) is 13.2. The average Bonchev–Trinajstić information content (AvgIpc) is 2.77. The van der Waals surface area contributed by atoms with Crippen LogP contribution >= 0.6 is 27.5 Å². The third-order valence-corrected chi connectivity index (χ3v) is 4.57. The summed E-state index contributed by atoms with van der Waals surface area (Å²) in [6, 6.07) is 6.22. The second kappa shape index (κ2) is 5.31. The molecular weight excluding hydrogens is 324 g/mol. The number of aryl methyl sites for hydroxylation is 1. The summed E-state index contributed by atoms with van der Waals surface area (Å²) in [6.07, 6.45) is 7.82. The van der Waals surface area contributed by atoms with Gasteiger partial charge in [0.15, 0.2) is 0 Å². The number of hydrogen-bond acceptors (Lipinski definition) is 1. The molecule has 2 aromatic rings. The van der Waals surface area contributed by atoms with Crippen LogP contribution in [0.1, 0.15) is 35.6 Å². The van der Waals surface area contributed by atoms with Crippen LogP contribution in [0.3, 0.4) is 0 Å². The van der Waals surface area contributed by atoms with E-state index in [1.165, 1.54) is 17.5 Å². The Morgan fingerprint density at radius 2 is 2.21 bits per heavy atom. The van der Waals surface area contributed by atoms with Gasteiger partial charge in [0, 0.05) is 34.5 Å². The monoisotopic (exact) mass is 338 g/mol. The van der Waals surface area contributed by atoms with Crippen molar-refractivity contribution >= 4 is 27.5 Å². The lowest BCUT2D eigenvalue weighted by atomic mass is 9.92.